The Labute approximate surface area is 111 Å². The van der Waals surface area contributed by atoms with Crippen molar-refractivity contribution in [1.29, 1.82) is 0 Å². The SMILES string of the molecule is CC(CC(F)(F)F)NCC1CCOc2ccccc21. The number of benzene rings is 1. The topological polar surface area (TPSA) is 21.3 Å². The molecule has 2 unspecified atom stereocenters. The minimum Gasteiger partial charge on any atom is -0.493 e. The van der Waals surface area contributed by atoms with Crippen molar-refractivity contribution in [2.24, 2.45) is 0 Å². The van der Waals surface area contributed by atoms with Crippen molar-refractivity contribution in [3.8, 4) is 5.75 Å². The van der Waals surface area contributed by atoms with Crippen LogP contribution in [0.15, 0.2) is 24.3 Å². The molecule has 2 nitrogen and oxygen atoms in total. The lowest BCUT2D eigenvalue weighted by atomic mass is 9.93. The Hall–Kier alpha value is -1.23. The molecule has 106 valence electrons. The average molecular weight is 273 g/mol. The van der Waals surface area contributed by atoms with Gasteiger partial charge in [-0.3, -0.25) is 0 Å². The predicted octanol–water partition coefficient (Wildman–Crippen LogP) is 3.48. The maximum Gasteiger partial charge on any atom is 0.390 e. The molecular weight excluding hydrogens is 255 g/mol. The molecule has 0 spiro atoms. The van der Waals surface area contributed by atoms with Crippen LogP contribution in [0.5, 0.6) is 5.75 Å². The molecule has 0 saturated heterocycles. The zero-order valence-corrected chi connectivity index (χ0v) is 10.8. The molecule has 2 rings (SSSR count). The molecule has 1 heterocycles. The first kappa shape index (κ1) is 14.2. The van der Waals surface area contributed by atoms with Crippen molar-refractivity contribution < 1.29 is 17.9 Å². The van der Waals surface area contributed by atoms with E-state index in [9.17, 15) is 13.2 Å². The second-order valence-electron chi connectivity index (χ2n) is 5.00. The second-order valence-corrected chi connectivity index (χ2v) is 5.00. The van der Waals surface area contributed by atoms with Gasteiger partial charge in [0.25, 0.3) is 0 Å². The van der Waals surface area contributed by atoms with Gasteiger partial charge < -0.3 is 10.1 Å². The standard InChI is InChI=1S/C14H18F3NO/c1-10(8-14(15,16)17)18-9-11-6-7-19-13-5-3-2-4-12(11)13/h2-5,10-11,18H,6-9H2,1H3. The number of para-hydroxylation sites is 1. The van der Waals surface area contributed by atoms with Gasteiger partial charge in [-0.2, -0.15) is 13.2 Å². The molecule has 2 atom stereocenters. The summed E-state index contributed by atoms with van der Waals surface area (Å²) < 4.78 is 42.3. The number of alkyl halides is 3. The fourth-order valence-corrected chi connectivity index (χ4v) is 2.39. The summed E-state index contributed by atoms with van der Waals surface area (Å²) >= 11 is 0. The van der Waals surface area contributed by atoms with E-state index in [4.69, 9.17) is 4.74 Å². The van der Waals surface area contributed by atoms with Crippen LogP contribution in [0, 0.1) is 0 Å². The van der Waals surface area contributed by atoms with Gasteiger partial charge >= 0.3 is 6.18 Å². The number of fused-ring (bicyclic) bond motifs is 1. The van der Waals surface area contributed by atoms with E-state index in [0.717, 1.165) is 17.7 Å². The molecule has 0 saturated carbocycles. The Morgan fingerprint density at radius 1 is 1.37 bits per heavy atom. The third-order valence-corrected chi connectivity index (χ3v) is 3.33. The van der Waals surface area contributed by atoms with E-state index < -0.39 is 18.6 Å². The summed E-state index contributed by atoms with van der Waals surface area (Å²) in [5.41, 5.74) is 1.08. The summed E-state index contributed by atoms with van der Waals surface area (Å²) in [5.74, 6) is 1.07. The summed E-state index contributed by atoms with van der Waals surface area (Å²) in [6.07, 6.45) is -4.07. The molecule has 0 amide bonds. The monoisotopic (exact) mass is 273 g/mol. The highest BCUT2D eigenvalue weighted by Gasteiger charge is 2.30. The quantitative estimate of drug-likeness (QED) is 0.906. The number of rotatable bonds is 4. The third-order valence-electron chi connectivity index (χ3n) is 3.33. The van der Waals surface area contributed by atoms with Crippen LogP contribution in [0.1, 0.15) is 31.2 Å². The van der Waals surface area contributed by atoms with Crippen LogP contribution in [0.2, 0.25) is 0 Å². The fraction of sp³-hybridized carbons (Fsp3) is 0.571. The first-order valence-electron chi connectivity index (χ1n) is 6.47. The minimum atomic E-state index is -4.11. The van der Waals surface area contributed by atoms with Crippen molar-refractivity contribution in [1.82, 2.24) is 5.32 Å². The highest BCUT2D eigenvalue weighted by molar-refractivity contribution is 5.37. The van der Waals surface area contributed by atoms with E-state index in [1.165, 1.54) is 0 Å². The van der Waals surface area contributed by atoms with E-state index >= 15 is 0 Å². The van der Waals surface area contributed by atoms with Crippen LogP contribution in [0.4, 0.5) is 13.2 Å². The van der Waals surface area contributed by atoms with Crippen molar-refractivity contribution in [3.05, 3.63) is 29.8 Å². The number of hydrogen-bond donors (Lipinski definition) is 1. The van der Waals surface area contributed by atoms with Gasteiger partial charge in [0.15, 0.2) is 0 Å². The Kier molecular flexibility index (Phi) is 4.34. The lowest BCUT2D eigenvalue weighted by molar-refractivity contribution is -0.139. The maximum absolute atomic E-state index is 12.3. The summed E-state index contributed by atoms with van der Waals surface area (Å²) in [7, 11) is 0. The summed E-state index contributed by atoms with van der Waals surface area (Å²) in [6.45, 7) is 2.74. The molecule has 1 N–H and O–H groups in total. The number of hydrogen-bond acceptors (Lipinski definition) is 2. The normalized spacial score (nSPS) is 20.5. The molecule has 0 fully saturated rings. The number of nitrogens with one attached hydrogen (secondary N) is 1. The Balaban J connectivity index is 1.91. The van der Waals surface area contributed by atoms with E-state index in [0.29, 0.717) is 13.2 Å². The van der Waals surface area contributed by atoms with Crippen LogP contribution >= 0.6 is 0 Å². The molecule has 0 aliphatic carbocycles. The average Bonchev–Trinajstić information content (AvgIpc) is 2.34. The Morgan fingerprint density at radius 3 is 2.84 bits per heavy atom. The van der Waals surface area contributed by atoms with Crippen LogP contribution in [0.3, 0.4) is 0 Å². The summed E-state index contributed by atoms with van der Waals surface area (Å²) in [6, 6.07) is 7.16. The first-order valence-corrected chi connectivity index (χ1v) is 6.47. The van der Waals surface area contributed by atoms with Gasteiger partial charge in [0.05, 0.1) is 13.0 Å². The van der Waals surface area contributed by atoms with Crippen molar-refractivity contribution in [2.75, 3.05) is 13.2 Å². The lowest BCUT2D eigenvalue weighted by Crippen LogP contribution is -2.35. The van der Waals surface area contributed by atoms with Gasteiger partial charge in [0, 0.05) is 18.5 Å². The summed E-state index contributed by atoms with van der Waals surface area (Å²) in [5, 5.41) is 2.97. The highest BCUT2D eigenvalue weighted by atomic mass is 19.4. The molecule has 1 aliphatic heterocycles. The van der Waals surface area contributed by atoms with Crippen molar-refractivity contribution in [2.45, 2.75) is 37.9 Å². The zero-order chi connectivity index (χ0) is 13.9. The highest BCUT2D eigenvalue weighted by Crippen LogP contribution is 2.33. The molecule has 1 aromatic rings. The van der Waals surface area contributed by atoms with E-state index in [1.54, 1.807) is 6.92 Å². The van der Waals surface area contributed by atoms with Gasteiger partial charge in [-0.1, -0.05) is 18.2 Å². The van der Waals surface area contributed by atoms with Crippen LogP contribution < -0.4 is 10.1 Å². The fourth-order valence-electron chi connectivity index (χ4n) is 2.39. The molecule has 0 radical (unpaired) electrons. The summed E-state index contributed by atoms with van der Waals surface area (Å²) in [4.78, 5) is 0. The van der Waals surface area contributed by atoms with E-state index in [2.05, 4.69) is 5.32 Å². The van der Waals surface area contributed by atoms with E-state index in [-0.39, 0.29) is 5.92 Å². The molecule has 19 heavy (non-hydrogen) atoms. The second kappa shape index (κ2) is 5.82. The van der Waals surface area contributed by atoms with Crippen molar-refractivity contribution in [3.63, 3.8) is 0 Å². The molecule has 1 aliphatic rings. The maximum atomic E-state index is 12.3. The minimum absolute atomic E-state index is 0.223. The first-order chi connectivity index (χ1) is 8.96. The number of halogens is 3. The largest absolute Gasteiger partial charge is 0.493 e. The Bertz CT molecular complexity index is 419. The predicted molar refractivity (Wildman–Crippen MR) is 67.4 cm³/mol. The van der Waals surface area contributed by atoms with Crippen molar-refractivity contribution >= 4 is 0 Å². The van der Waals surface area contributed by atoms with Gasteiger partial charge in [-0.15, -0.1) is 0 Å². The van der Waals surface area contributed by atoms with Gasteiger partial charge in [-0.05, 0) is 25.0 Å². The van der Waals surface area contributed by atoms with Gasteiger partial charge in [-0.25, -0.2) is 0 Å². The molecule has 0 aromatic heterocycles. The lowest BCUT2D eigenvalue weighted by Gasteiger charge is -2.27. The molecule has 5 heteroatoms. The molecule has 1 aromatic carbocycles. The number of ether oxygens (including phenoxy) is 1. The smallest absolute Gasteiger partial charge is 0.390 e. The van der Waals surface area contributed by atoms with Crippen LogP contribution in [-0.4, -0.2) is 25.4 Å². The molecule has 0 bridgehead atoms. The zero-order valence-electron chi connectivity index (χ0n) is 10.8. The third kappa shape index (κ3) is 4.13. The van der Waals surface area contributed by atoms with Crippen LogP contribution in [0.25, 0.3) is 0 Å². The Morgan fingerprint density at radius 2 is 2.11 bits per heavy atom. The van der Waals surface area contributed by atoms with Crippen LogP contribution in [-0.2, 0) is 0 Å². The van der Waals surface area contributed by atoms with E-state index in [1.807, 2.05) is 24.3 Å². The van der Waals surface area contributed by atoms with Gasteiger partial charge in [0.2, 0.25) is 0 Å². The molecular formula is C14H18F3NO. The van der Waals surface area contributed by atoms with Gasteiger partial charge in [0.1, 0.15) is 5.75 Å².